The number of anilines is 7. The van der Waals surface area contributed by atoms with Crippen molar-refractivity contribution in [1.29, 1.82) is 0 Å². The summed E-state index contributed by atoms with van der Waals surface area (Å²) in [5.41, 5.74) is 26.1. The van der Waals surface area contributed by atoms with E-state index in [1.54, 1.807) is 10.8 Å². The van der Waals surface area contributed by atoms with Crippen molar-refractivity contribution in [1.82, 2.24) is 0 Å². The molecule has 0 bridgehead atoms. The maximum atomic E-state index is 2.98. The minimum atomic E-state index is -1.89. The molecule has 0 spiro atoms. The monoisotopic (exact) mass is 1040 g/mol. The van der Waals surface area contributed by atoms with E-state index in [-0.39, 0.29) is 28.5 Å². The molecule has 4 unspecified atom stereocenters. The number of nitrogens with zero attached hydrogens (tertiary/aromatic N) is 3. The third-order valence-electron chi connectivity index (χ3n) is 20.9. The van der Waals surface area contributed by atoms with Gasteiger partial charge in [0.1, 0.15) is 0 Å². The van der Waals surface area contributed by atoms with E-state index in [0.717, 1.165) is 25.7 Å². The molecule has 0 radical (unpaired) electrons. The molecule has 4 aliphatic heterocycles. The summed E-state index contributed by atoms with van der Waals surface area (Å²) in [6, 6.07) is 78.6. The molecule has 3 nitrogen and oxygen atoms in total. The van der Waals surface area contributed by atoms with E-state index < -0.39 is 13.6 Å². The highest BCUT2D eigenvalue weighted by Gasteiger charge is 2.65. The highest BCUT2D eigenvalue weighted by Crippen LogP contribution is 2.67. The lowest BCUT2D eigenvalue weighted by molar-refractivity contribution is 0.215. The molecule has 0 N–H and O–H groups in total. The average molecular weight is 1040 g/mol. The minimum absolute atomic E-state index is 0.00164. The molecular weight excluding hydrogens is 970 g/mol. The average Bonchev–Trinajstić information content (AvgIpc) is 2.83. The van der Waals surface area contributed by atoms with Gasteiger partial charge in [0.25, 0.3) is 6.71 Å². The Morgan fingerprint density at radius 2 is 1.14 bits per heavy atom. The van der Waals surface area contributed by atoms with Crippen molar-refractivity contribution < 1.29 is 0 Å². The van der Waals surface area contributed by atoms with Crippen LogP contribution in [0.25, 0.3) is 22.3 Å². The van der Waals surface area contributed by atoms with Crippen LogP contribution in [0.15, 0.2) is 200 Å². The fourth-order valence-electron chi connectivity index (χ4n) is 16.6. The number of rotatable bonds is 6. The number of aryl methyl sites for hydroxylation is 1. The van der Waals surface area contributed by atoms with Crippen molar-refractivity contribution in [3.8, 4) is 22.3 Å². The van der Waals surface area contributed by atoms with Crippen LogP contribution < -0.4 is 36.3 Å². The van der Waals surface area contributed by atoms with E-state index in [1.165, 1.54) is 119 Å². The van der Waals surface area contributed by atoms with Gasteiger partial charge in [-0.1, -0.05) is 229 Å². The third kappa shape index (κ3) is 6.60. The molecule has 5 heteroatoms. The molecule has 0 amide bonds. The van der Waals surface area contributed by atoms with Gasteiger partial charge < -0.3 is 14.7 Å². The standard InChI is InChI=1S/C74H72BN3Si/c1-70(2,3)55-35-37-64-60(44-55)71(4)41-38-51-28-19-20-33-59(51)73(71,6)77(64)57-45-66-68-67(46-57)78-69-61(74(54-30-17-12-18-31-54)40-22-21-39-72(74,78)5)47-58(79(7,8)9)48-63(69)75(68)62-36-34-53(50-26-15-11-16-27-50)43-65(62)76(66)56-32-23-29-52(42-56)49-24-13-10-14-25-49/h10-20,23-37,42-48H,21-22,38-41H2,1-9H3. The lowest BCUT2D eigenvalue weighted by Crippen LogP contribution is -2.65. The summed E-state index contributed by atoms with van der Waals surface area (Å²) in [4.78, 5) is 8.52. The molecule has 0 aromatic heterocycles. The van der Waals surface area contributed by atoms with Crippen LogP contribution in [0.5, 0.6) is 0 Å². The normalized spacial score (nSPS) is 23.1. The Morgan fingerprint density at radius 3 is 1.86 bits per heavy atom. The molecule has 1 fully saturated rings. The van der Waals surface area contributed by atoms with Crippen molar-refractivity contribution in [3.63, 3.8) is 0 Å². The maximum Gasteiger partial charge on any atom is 0.252 e. The molecule has 0 saturated heterocycles. The van der Waals surface area contributed by atoms with Gasteiger partial charge in [0.15, 0.2) is 0 Å². The number of hydrogen-bond donors (Lipinski definition) is 0. The van der Waals surface area contributed by atoms with E-state index in [4.69, 9.17) is 0 Å². The predicted octanol–water partition coefficient (Wildman–Crippen LogP) is 16.5. The molecule has 4 atom stereocenters. The summed E-state index contributed by atoms with van der Waals surface area (Å²) >= 11 is 0. The van der Waals surface area contributed by atoms with Crippen LogP contribution in [0.2, 0.25) is 19.6 Å². The smallest absolute Gasteiger partial charge is 0.252 e. The van der Waals surface area contributed by atoms with Crippen molar-refractivity contribution in [2.24, 2.45) is 0 Å². The number of fused-ring (bicyclic) bond motifs is 12. The zero-order valence-corrected chi connectivity index (χ0v) is 48.7. The molecule has 9 aromatic rings. The lowest BCUT2D eigenvalue weighted by atomic mass is 9.33. The van der Waals surface area contributed by atoms with Crippen molar-refractivity contribution >= 4 is 76.2 Å². The first-order chi connectivity index (χ1) is 38.0. The number of hydrogen-bond acceptors (Lipinski definition) is 3. The Bertz CT molecular complexity index is 3970. The van der Waals surface area contributed by atoms with Crippen LogP contribution >= 0.6 is 0 Å². The second kappa shape index (κ2) is 16.8. The molecule has 6 aliphatic rings. The summed E-state index contributed by atoms with van der Waals surface area (Å²) in [5, 5.41) is 1.56. The second-order valence-electron chi connectivity index (χ2n) is 26.9. The van der Waals surface area contributed by atoms with Crippen LogP contribution in [0, 0.1) is 0 Å². The van der Waals surface area contributed by atoms with Crippen LogP contribution in [0.4, 0.5) is 39.8 Å². The van der Waals surface area contributed by atoms with E-state index in [0.29, 0.717) is 0 Å². The van der Waals surface area contributed by atoms with Gasteiger partial charge in [-0.15, -0.1) is 0 Å². The molecule has 4 heterocycles. The summed E-state index contributed by atoms with van der Waals surface area (Å²) in [6.07, 6.45) is 6.77. The van der Waals surface area contributed by atoms with Crippen LogP contribution in [-0.4, -0.2) is 20.3 Å². The van der Waals surface area contributed by atoms with Crippen LogP contribution in [0.3, 0.4) is 0 Å². The van der Waals surface area contributed by atoms with Gasteiger partial charge in [-0.3, -0.25) is 0 Å². The van der Waals surface area contributed by atoms with Crippen molar-refractivity contribution in [3.05, 3.63) is 234 Å². The summed E-state index contributed by atoms with van der Waals surface area (Å²) < 4.78 is 0. The topological polar surface area (TPSA) is 9.72 Å². The molecule has 9 aromatic carbocycles. The third-order valence-corrected chi connectivity index (χ3v) is 22.9. The Balaban J connectivity index is 1.10. The zero-order chi connectivity index (χ0) is 54.0. The Kier molecular flexibility index (Phi) is 10.4. The largest absolute Gasteiger partial charge is 0.335 e. The van der Waals surface area contributed by atoms with Gasteiger partial charge in [-0.05, 0) is 153 Å². The van der Waals surface area contributed by atoms with E-state index in [1.807, 2.05) is 0 Å². The maximum absolute atomic E-state index is 2.98. The van der Waals surface area contributed by atoms with Gasteiger partial charge in [0.05, 0.1) is 19.2 Å². The van der Waals surface area contributed by atoms with Gasteiger partial charge in [0.2, 0.25) is 0 Å². The van der Waals surface area contributed by atoms with E-state index in [2.05, 4.69) is 276 Å². The van der Waals surface area contributed by atoms with Gasteiger partial charge >= 0.3 is 0 Å². The Morgan fingerprint density at radius 1 is 0.481 bits per heavy atom. The van der Waals surface area contributed by atoms with E-state index in [9.17, 15) is 0 Å². The molecule has 79 heavy (non-hydrogen) atoms. The first-order valence-corrected chi connectivity index (χ1v) is 33.0. The minimum Gasteiger partial charge on any atom is -0.335 e. The van der Waals surface area contributed by atoms with Crippen molar-refractivity contribution in [2.45, 2.75) is 127 Å². The summed E-state index contributed by atoms with van der Waals surface area (Å²) in [5.74, 6) is 0. The molecule has 2 aliphatic carbocycles. The highest BCUT2D eigenvalue weighted by molar-refractivity contribution is 7.01. The molecule has 15 rings (SSSR count). The van der Waals surface area contributed by atoms with Gasteiger partial charge in [-0.25, -0.2) is 0 Å². The van der Waals surface area contributed by atoms with E-state index >= 15 is 0 Å². The quantitative estimate of drug-likeness (QED) is 0.154. The predicted molar refractivity (Wildman–Crippen MR) is 339 cm³/mol. The van der Waals surface area contributed by atoms with Crippen LogP contribution in [0.1, 0.15) is 107 Å². The zero-order valence-electron chi connectivity index (χ0n) is 47.7. The summed E-state index contributed by atoms with van der Waals surface area (Å²) in [7, 11) is -1.89. The number of benzene rings is 9. The molecule has 1 saturated carbocycles. The Labute approximate surface area is 471 Å². The summed E-state index contributed by atoms with van der Waals surface area (Å²) in [6.45, 7) is 22.7. The second-order valence-corrected chi connectivity index (χ2v) is 32.0. The Hall–Kier alpha value is -7.34. The van der Waals surface area contributed by atoms with Gasteiger partial charge in [0, 0.05) is 50.6 Å². The molecule has 390 valence electrons. The fourth-order valence-corrected chi connectivity index (χ4v) is 17.8. The van der Waals surface area contributed by atoms with Crippen LogP contribution in [-0.2, 0) is 28.2 Å². The molecular formula is C74H72BN3Si. The first-order valence-electron chi connectivity index (χ1n) is 29.5. The fraction of sp³-hybridized carbons (Fsp3) is 0.270. The van der Waals surface area contributed by atoms with Gasteiger partial charge in [-0.2, -0.15) is 0 Å². The highest BCUT2D eigenvalue weighted by atomic mass is 28.3. The first kappa shape index (κ1) is 48.8. The van der Waals surface area contributed by atoms with Crippen molar-refractivity contribution in [2.75, 3.05) is 14.7 Å². The lowest BCUT2D eigenvalue weighted by Gasteiger charge is -2.55. The SMILES string of the molecule is CC(C)(C)c1ccc2c(c1)C1(C)CCc3ccccc3C1(C)N2c1cc2c3c(c1)N1c4c(cc([Si](C)(C)C)cc4C4(c5ccccc5)CCCCC14C)B3c1ccc(-c3ccccc3)cc1N2c1cccc(-c2ccccc2)c1.